The number of hydrogen-bond acceptors (Lipinski definition) is 7. The number of aryl methyl sites for hydroxylation is 1. The number of halogens is 1. The van der Waals surface area contributed by atoms with Crippen molar-refractivity contribution in [3.63, 3.8) is 0 Å². The molecule has 5 rings (SSSR count). The minimum Gasteiger partial charge on any atom is -0.460 e. The van der Waals surface area contributed by atoms with E-state index < -0.39 is 6.23 Å². The van der Waals surface area contributed by atoms with Gasteiger partial charge in [-0.3, -0.25) is 9.69 Å². The van der Waals surface area contributed by atoms with Crippen LogP contribution in [-0.2, 0) is 10.5 Å². The van der Waals surface area contributed by atoms with E-state index in [1.54, 1.807) is 11.0 Å². The van der Waals surface area contributed by atoms with E-state index in [1.165, 1.54) is 18.7 Å². The molecular weight excluding hydrogens is 460 g/mol. The van der Waals surface area contributed by atoms with Crippen LogP contribution in [0.1, 0.15) is 30.2 Å². The Balaban J connectivity index is 1.57. The number of anilines is 1. The SMILES string of the molecule is CC(=O)N1c2ccccc2-c2nnc(SCc3ccccc3Cl)nc2OC1c1ccc(C)o1. The normalized spacial score (nSPS) is 14.8. The van der Waals surface area contributed by atoms with E-state index in [0.717, 1.165) is 5.56 Å². The van der Waals surface area contributed by atoms with Gasteiger partial charge in [-0.25, -0.2) is 0 Å². The summed E-state index contributed by atoms with van der Waals surface area (Å²) in [6.07, 6.45) is -0.836. The number of carbonyl (C=O) groups is 1. The van der Waals surface area contributed by atoms with E-state index in [-0.39, 0.29) is 11.8 Å². The van der Waals surface area contributed by atoms with Gasteiger partial charge in [-0.05, 0) is 36.8 Å². The zero-order valence-corrected chi connectivity index (χ0v) is 19.4. The van der Waals surface area contributed by atoms with Gasteiger partial charge in [0.2, 0.25) is 23.2 Å². The summed E-state index contributed by atoms with van der Waals surface area (Å²) in [6, 6.07) is 18.7. The van der Waals surface area contributed by atoms with Crippen molar-refractivity contribution < 1.29 is 13.9 Å². The highest BCUT2D eigenvalue weighted by Gasteiger charge is 2.36. The molecule has 9 heteroatoms. The number of benzene rings is 2. The van der Waals surface area contributed by atoms with Gasteiger partial charge in [-0.15, -0.1) is 10.2 Å². The summed E-state index contributed by atoms with van der Waals surface area (Å²) in [5.74, 6) is 1.87. The molecule has 0 fully saturated rings. The van der Waals surface area contributed by atoms with Gasteiger partial charge in [0.25, 0.3) is 0 Å². The van der Waals surface area contributed by atoms with Crippen molar-refractivity contribution in [3.05, 3.63) is 82.8 Å². The molecule has 2 aromatic heterocycles. The van der Waals surface area contributed by atoms with Gasteiger partial charge in [-0.1, -0.05) is 59.8 Å². The van der Waals surface area contributed by atoms with Crippen molar-refractivity contribution >= 4 is 35.0 Å². The molecule has 0 radical (unpaired) electrons. The van der Waals surface area contributed by atoms with Crippen molar-refractivity contribution in [1.82, 2.24) is 15.2 Å². The molecule has 7 nitrogen and oxygen atoms in total. The highest BCUT2D eigenvalue weighted by atomic mass is 35.5. The fraction of sp³-hybridized carbons (Fsp3) is 0.167. The van der Waals surface area contributed by atoms with Gasteiger partial charge in [0.1, 0.15) is 5.76 Å². The molecule has 166 valence electrons. The maximum absolute atomic E-state index is 12.7. The first-order valence-electron chi connectivity index (χ1n) is 10.2. The fourth-order valence-electron chi connectivity index (χ4n) is 3.64. The van der Waals surface area contributed by atoms with Crippen molar-refractivity contribution in [3.8, 4) is 17.1 Å². The summed E-state index contributed by atoms with van der Waals surface area (Å²) in [7, 11) is 0. The number of nitrogens with zero attached hydrogens (tertiary/aromatic N) is 4. The molecule has 0 bridgehead atoms. The van der Waals surface area contributed by atoms with Crippen LogP contribution in [0.25, 0.3) is 11.3 Å². The smallest absolute Gasteiger partial charge is 0.247 e. The first kappa shape index (κ1) is 21.5. The van der Waals surface area contributed by atoms with E-state index in [9.17, 15) is 4.79 Å². The van der Waals surface area contributed by atoms with Gasteiger partial charge < -0.3 is 9.15 Å². The predicted molar refractivity (Wildman–Crippen MR) is 126 cm³/mol. The Morgan fingerprint density at radius 2 is 1.88 bits per heavy atom. The van der Waals surface area contributed by atoms with Crippen molar-refractivity contribution in [2.24, 2.45) is 0 Å². The minimum atomic E-state index is -0.836. The lowest BCUT2D eigenvalue weighted by atomic mass is 10.1. The molecule has 3 heterocycles. The molecule has 0 spiro atoms. The lowest BCUT2D eigenvalue weighted by Gasteiger charge is -2.28. The molecule has 2 aromatic carbocycles. The quantitative estimate of drug-likeness (QED) is 0.341. The Labute approximate surface area is 199 Å². The monoisotopic (exact) mass is 478 g/mol. The van der Waals surface area contributed by atoms with Gasteiger partial charge in [0, 0.05) is 23.3 Å². The van der Waals surface area contributed by atoms with Crippen LogP contribution in [0.5, 0.6) is 5.88 Å². The summed E-state index contributed by atoms with van der Waals surface area (Å²) in [5.41, 5.74) is 2.79. The largest absolute Gasteiger partial charge is 0.460 e. The summed E-state index contributed by atoms with van der Waals surface area (Å²) in [4.78, 5) is 18.9. The van der Waals surface area contributed by atoms with Crippen molar-refractivity contribution in [2.45, 2.75) is 31.0 Å². The molecule has 1 atom stereocenters. The highest BCUT2D eigenvalue weighted by molar-refractivity contribution is 7.98. The molecule has 0 saturated carbocycles. The van der Waals surface area contributed by atoms with E-state index in [4.69, 9.17) is 20.8 Å². The molecule has 1 aliphatic heterocycles. The van der Waals surface area contributed by atoms with Gasteiger partial charge in [0.15, 0.2) is 11.5 Å². The molecule has 0 aliphatic carbocycles. The standard InChI is InChI=1S/C24H19ClN4O3S/c1-14-11-12-20(31-14)23-29(15(2)30)19-10-6-4-8-17(19)21-22(32-23)26-24(28-27-21)33-13-16-7-3-5-9-18(16)25/h3-12,23H,13H2,1-2H3. The van der Waals surface area contributed by atoms with Crippen LogP contribution in [0, 0.1) is 6.92 Å². The number of rotatable bonds is 4. The number of hydrogen-bond donors (Lipinski definition) is 0. The average Bonchev–Trinajstić information content (AvgIpc) is 3.18. The van der Waals surface area contributed by atoms with Crippen molar-refractivity contribution in [1.29, 1.82) is 0 Å². The number of aromatic nitrogens is 3. The lowest BCUT2D eigenvalue weighted by Crippen LogP contribution is -2.35. The second-order valence-corrected chi connectivity index (χ2v) is 8.80. The molecular formula is C24H19ClN4O3S. The highest BCUT2D eigenvalue weighted by Crippen LogP contribution is 2.43. The Bertz CT molecular complexity index is 1340. The number of thioether (sulfide) groups is 1. The van der Waals surface area contributed by atoms with Crippen LogP contribution in [0.4, 0.5) is 5.69 Å². The van der Waals surface area contributed by atoms with Crippen LogP contribution in [-0.4, -0.2) is 21.1 Å². The maximum atomic E-state index is 12.7. The Hall–Kier alpha value is -3.36. The van der Waals surface area contributed by atoms with E-state index in [1.807, 2.05) is 61.5 Å². The summed E-state index contributed by atoms with van der Waals surface area (Å²) >= 11 is 7.68. The van der Waals surface area contributed by atoms with Gasteiger partial charge in [0.05, 0.1) is 5.69 Å². The van der Waals surface area contributed by atoms with Crippen LogP contribution in [0.3, 0.4) is 0 Å². The third kappa shape index (κ3) is 4.19. The first-order valence-corrected chi connectivity index (χ1v) is 11.6. The molecule has 1 aliphatic rings. The van der Waals surface area contributed by atoms with Gasteiger partial charge in [-0.2, -0.15) is 4.98 Å². The third-order valence-electron chi connectivity index (χ3n) is 5.17. The zero-order chi connectivity index (χ0) is 22.9. The van der Waals surface area contributed by atoms with Gasteiger partial charge >= 0.3 is 0 Å². The summed E-state index contributed by atoms with van der Waals surface area (Å²) in [5, 5.41) is 9.85. The van der Waals surface area contributed by atoms with Crippen LogP contribution in [0.2, 0.25) is 5.02 Å². The average molecular weight is 479 g/mol. The zero-order valence-electron chi connectivity index (χ0n) is 17.9. The number of carbonyl (C=O) groups excluding carboxylic acids is 1. The number of furan rings is 1. The lowest BCUT2D eigenvalue weighted by molar-refractivity contribution is -0.118. The Morgan fingerprint density at radius 1 is 1.09 bits per heavy atom. The maximum Gasteiger partial charge on any atom is 0.247 e. The molecule has 1 unspecified atom stereocenters. The number of amides is 1. The fourth-order valence-corrected chi connectivity index (χ4v) is 4.71. The Morgan fingerprint density at radius 3 is 2.64 bits per heavy atom. The predicted octanol–water partition coefficient (Wildman–Crippen LogP) is 5.83. The van der Waals surface area contributed by atoms with Crippen LogP contribution in [0.15, 0.2) is 70.2 Å². The van der Waals surface area contributed by atoms with E-state index >= 15 is 0 Å². The molecule has 1 amide bonds. The molecule has 0 N–H and O–H groups in total. The Kier molecular flexibility index (Phi) is 5.78. The third-order valence-corrected chi connectivity index (χ3v) is 6.43. The van der Waals surface area contributed by atoms with Crippen LogP contribution < -0.4 is 9.64 Å². The molecule has 0 saturated heterocycles. The summed E-state index contributed by atoms with van der Waals surface area (Å²) in [6.45, 7) is 3.33. The number of para-hydroxylation sites is 1. The molecule has 4 aromatic rings. The number of fused-ring (bicyclic) bond motifs is 3. The van der Waals surface area contributed by atoms with E-state index in [2.05, 4.69) is 15.2 Å². The van der Waals surface area contributed by atoms with Crippen LogP contribution >= 0.6 is 23.4 Å². The summed E-state index contributed by atoms with van der Waals surface area (Å²) < 4.78 is 12.1. The van der Waals surface area contributed by atoms with Crippen molar-refractivity contribution in [2.75, 3.05) is 4.90 Å². The van der Waals surface area contributed by atoms with E-state index in [0.29, 0.717) is 44.4 Å². The second kappa shape index (κ2) is 8.88. The second-order valence-electron chi connectivity index (χ2n) is 7.45. The minimum absolute atomic E-state index is 0.199. The number of ether oxygens (including phenoxy) is 1. The topological polar surface area (TPSA) is 81.4 Å². The first-order chi connectivity index (χ1) is 16.0. The molecule has 33 heavy (non-hydrogen) atoms.